The maximum Gasteiger partial charge on any atom is 0.191 e. The number of nitrogens with zero attached hydrogens (tertiary/aromatic N) is 2. The Morgan fingerprint density at radius 2 is 2.24 bits per heavy atom. The molecule has 122 valence electrons. The number of hydrogen-bond acceptors (Lipinski definition) is 3. The standard InChI is InChI=1S/C15H27N3O2.HI/c1-3-19-13-9-12(15(13)5-4-6-15)17-14(16)18-7-8-20-11(2)10-18;/h11-13H,3-10H2,1-2H3,(H2,16,17);1H. The molecule has 0 aromatic heterocycles. The Hall–Kier alpha value is -0.0800. The van der Waals surface area contributed by atoms with E-state index in [9.17, 15) is 0 Å². The van der Waals surface area contributed by atoms with E-state index >= 15 is 0 Å². The number of guanidine groups is 1. The smallest absolute Gasteiger partial charge is 0.191 e. The maximum atomic E-state index is 6.22. The molecule has 3 fully saturated rings. The molecule has 2 saturated carbocycles. The van der Waals surface area contributed by atoms with Crippen molar-refractivity contribution in [2.24, 2.45) is 16.1 Å². The molecule has 0 aromatic rings. The molecule has 3 atom stereocenters. The Kier molecular flexibility index (Phi) is 5.76. The van der Waals surface area contributed by atoms with Gasteiger partial charge in [-0.05, 0) is 33.1 Å². The number of aliphatic imine (C=N–C) groups is 1. The Labute approximate surface area is 144 Å². The van der Waals surface area contributed by atoms with Gasteiger partial charge in [-0.1, -0.05) is 6.42 Å². The monoisotopic (exact) mass is 409 g/mol. The van der Waals surface area contributed by atoms with Crippen LogP contribution >= 0.6 is 24.0 Å². The minimum absolute atomic E-state index is 0. The fourth-order valence-electron chi connectivity index (χ4n) is 3.85. The summed E-state index contributed by atoms with van der Waals surface area (Å²) in [6, 6.07) is 0.367. The molecule has 1 aliphatic heterocycles. The normalized spacial score (nSPS) is 34.9. The summed E-state index contributed by atoms with van der Waals surface area (Å²) in [6.07, 6.45) is 5.50. The summed E-state index contributed by atoms with van der Waals surface area (Å²) in [4.78, 5) is 6.99. The zero-order chi connectivity index (χ0) is 14.2. The highest BCUT2D eigenvalue weighted by Crippen LogP contribution is 2.58. The van der Waals surface area contributed by atoms with Crippen LogP contribution in [-0.4, -0.2) is 55.4 Å². The van der Waals surface area contributed by atoms with Crippen molar-refractivity contribution in [2.45, 2.75) is 57.8 Å². The molecule has 0 amide bonds. The first-order valence-electron chi connectivity index (χ1n) is 7.97. The molecule has 0 aromatic carbocycles. The van der Waals surface area contributed by atoms with E-state index < -0.39 is 0 Å². The van der Waals surface area contributed by atoms with Crippen molar-refractivity contribution in [3.05, 3.63) is 0 Å². The van der Waals surface area contributed by atoms with Gasteiger partial charge in [0.1, 0.15) is 0 Å². The van der Waals surface area contributed by atoms with Crippen LogP contribution in [0.3, 0.4) is 0 Å². The summed E-state index contributed by atoms with van der Waals surface area (Å²) in [7, 11) is 0. The SMILES string of the molecule is CCOC1CC(N=C(N)N2CCOC(C)C2)C12CCC2.I. The maximum absolute atomic E-state index is 6.22. The highest BCUT2D eigenvalue weighted by Gasteiger charge is 2.59. The van der Waals surface area contributed by atoms with Gasteiger partial charge in [-0.3, -0.25) is 0 Å². The molecule has 3 rings (SSSR count). The van der Waals surface area contributed by atoms with Gasteiger partial charge in [-0.15, -0.1) is 24.0 Å². The molecule has 3 aliphatic rings. The van der Waals surface area contributed by atoms with Crippen LogP contribution in [0.2, 0.25) is 0 Å². The second kappa shape index (κ2) is 7.00. The predicted molar refractivity (Wildman–Crippen MR) is 94.1 cm³/mol. The summed E-state index contributed by atoms with van der Waals surface area (Å²) in [5.41, 5.74) is 6.52. The molecule has 0 bridgehead atoms. The summed E-state index contributed by atoms with van der Waals surface area (Å²) in [5, 5.41) is 0. The predicted octanol–water partition coefficient (Wildman–Crippen LogP) is 1.99. The fourth-order valence-corrected chi connectivity index (χ4v) is 3.85. The van der Waals surface area contributed by atoms with Gasteiger partial charge in [0.15, 0.2) is 5.96 Å². The van der Waals surface area contributed by atoms with Crippen molar-refractivity contribution in [1.82, 2.24) is 4.90 Å². The van der Waals surface area contributed by atoms with Crippen LogP contribution < -0.4 is 5.73 Å². The molecule has 2 N–H and O–H groups in total. The van der Waals surface area contributed by atoms with E-state index in [1.807, 2.05) is 0 Å². The van der Waals surface area contributed by atoms with E-state index in [1.54, 1.807) is 0 Å². The number of nitrogens with two attached hydrogens (primary N) is 1. The van der Waals surface area contributed by atoms with Gasteiger partial charge in [-0.2, -0.15) is 0 Å². The first-order chi connectivity index (χ1) is 9.65. The third-order valence-corrected chi connectivity index (χ3v) is 5.25. The van der Waals surface area contributed by atoms with Gasteiger partial charge in [-0.25, -0.2) is 4.99 Å². The van der Waals surface area contributed by atoms with Crippen LogP contribution in [0.5, 0.6) is 0 Å². The van der Waals surface area contributed by atoms with Gasteiger partial charge >= 0.3 is 0 Å². The fraction of sp³-hybridized carbons (Fsp3) is 0.933. The van der Waals surface area contributed by atoms with Crippen molar-refractivity contribution < 1.29 is 9.47 Å². The highest BCUT2D eigenvalue weighted by molar-refractivity contribution is 14.0. The van der Waals surface area contributed by atoms with Crippen molar-refractivity contribution in [1.29, 1.82) is 0 Å². The van der Waals surface area contributed by atoms with Crippen LogP contribution in [0.25, 0.3) is 0 Å². The van der Waals surface area contributed by atoms with Crippen LogP contribution in [0.1, 0.15) is 39.5 Å². The average molecular weight is 409 g/mol. The second-order valence-corrected chi connectivity index (χ2v) is 6.40. The molecule has 5 nitrogen and oxygen atoms in total. The van der Waals surface area contributed by atoms with E-state index in [2.05, 4.69) is 18.7 Å². The Morgan fingerprint density at radius 3 is 2.81 bits per heavy atom. The molecule has 1 saturated heterocycles. The van der Waals surface area contributed by atoms with E-state index in [0.717, 1.165) is 32.7 Å². The highest BCUT2D eigenvalue weighted by atomic mass is 127. The molecule has 0 radical (unpaired) electrons. The average Bonchev–Trinajstić information content (AvgIpc) is 2.35. The lowest BCUT2D eigenvalue weighted by Gasteiger charge is -2.59. The van der Waals surface area contributed by atoms with Crippen molar-refractivity contribution in [3.8, 4) is 0 Å². The van der Waals surface area contributed by atoms with E-state index in [1.165, 1.54) is 19.3 Å². The lowest BCUT2D eigenvalue weighted by Crippen LogP contribution is -2.62. The van der Waals surface area contributed by atoms with Crippen molar-refractivity contribution >= 4 is 29.9 Å². The molecule has 3 unspecified atom stereocenters. The minimum Gasteiger partial charge on any atom is -0.378 e. The van der Waals surface area contributed by atoms with Crippen molar-refractivity contribution in [3.63, 3.8) is 0 Å². The number of rotatable bonds is 3. The first kappa shape index (κ1) is 17.3. The lowest BCUT2D eigenvalue weighted by atomic mass is 9.51. The third-order valence-electron chi connectivity index (χ3n) is 5.25. The zero-order valence-corrected chi connectivity index (χ0v) is 15.4. The molecular formula is C15H28IN3O2. The van der Waals surface area contributed by atoms with Crippen LogP contribution in [0, 0.1) is 5.41 Å². The van der Waals surface area contributed by atoms with Crippen LogP contribution in [0.4, 0.5) is 0 Å². The topological polar surface area (TPSA) is 60.1 Å². The van der Waals surface area contributed by atoms with Gasteiger partial charge < -0.3 is 20.1 Å². The Bertz CT molecular complexity index is 387. The van der Waals surface area contributed by atoms with Crippen molar-refractivity contribution in [2.75, 3.05) is 26.3 Å². The summed E-state index contributed by atoms with van der Waals surface area (Å²) in [6.45, 7) is 7.42. The number of halogens is 1. The first-order valence-corrected chi connectivity index (χ1v) is 7.97. The largest absolute Gasteiger partial charge is 0.378 e. The minimum atomic E-state index is 0. The number of ether oxygens (including phenoxy) is 2. The summed E-state index contributed by atoms with van der Waals surface area (Å²) < 4.78 is 11.4. The molecule has 1 spiro atoms. The van der Waals surface area contributed by atoms with Crippen LogP contribution in [0.15, 0.2) is 4.99 Å². The third kappa shape index (κ3) is 3.17. The molecule has 6 heteroatoms. The van der Waals surface area contributed by atoms with E-state index in [-0.39, 0.29) is 30.1 Å². The number of hydrogen-bond donors (Lipinski definition) is 1. The van der Waals surface area contributed by atoms with Crippen LogP contribution in [-0.2, 0) is 9.47 Å². The Morgan fingerprint density at radius 1 is 1.48 bits per heavy atom. The summed E-state index contributed by atoms with van der Waals surface area (Å²) >= 11 is 0. The van der Waals surface area contributed by atoms with E-state index in [4.69, 9.17) is 20.2 Å². The van der Waals surface area contributed by atoms with Gasteiger partial charge in [0.2, 0.25) is 0 Å². The summed E-state index contributed by atoms with van der Waals surface area (Å²) in [5.74, 6) is 0.700. The molecule has 1 heterocycles. The van der Waals surface area contributed by atoms with Gasteiger partial charge in [0.05, 0.1) is 24.9 Å². The zero-order valence-electron chi connectivity index (χ0n) is 13.1. The molecular weight excluding hydrogens is 381 g/mol. The Balaban J connectivity index is 0.00000161. The van der Waals surface area contributed by atoms with Gasteiger partial charge in [0, 0.05) is 25.1 Å². The van der Waals surface area contributed by atoms with Gasteiger partial charge in [0.25, 0.3) is 0 Å². The number of morpholine rings is 1. The molecule has 2 aliphatic carbocycles. The quantitative estimate of drug-likeness (QED) is 0.440. The second-order valence-electron chi connectivity index (χ2n) is 6.40. The molecule has 21 heavy (non-hydrogen) atoms. The lowest BCUT2D eigenvalue weighted by molar-refractivity contribution is -0.162. The van der Waals surface area contributed by atoms with E-state index in [0.29, 0.717) is 23.5 Å².